The van der Waals surface area contributed by atoms with E-state index in [1.807, 2.05) is 24.3 Å². The number of nitrogens with zero attached hydrogens (tertiary/aromatic N) is 3. The summed E-state index contributed by atoms with van der Waals surface area (Å²) in [5.41, 5.74) is 4.12. The van der Waals surface area contributed by atoms with Crippen LogP contribution < -0.4 is 11.3 Å². The largest absolute Gasteiger partial charge is 0.386 e. The summed E-state index contributed by atoms with van der Waals surface area (Å²) in [6.45, 7) is -0.580. The quantitative estimate of drug-likeness (QED) is 0.310. The smallest absolute Gasteiger partial charge is 0.280 e. The Bertz CT molecular complexity index is 1400. The molecule has 0 radical (unpaired) electrons. The van der Waals surface area contributed by atoms with Gasteiger partial charge in [0.25, 0.3) is 12.0 Å². The maximum Gasteiger partial charge on any atom is 0.280 e. The van der Waals surface area contributed by atoms with E-state index in [1.54, 1.807) is 36.4 Å². The van der Waals surface area contributed by atoms with Gasteiger partial charge in [-0.3, -0.25) is 14.3 Å². The van der Waals surface area contributed by atoms with E-state index in [1.165, 1.54) is 10.9 Å². The number of aliphatic hydroxyl groups excluding tert-OH is 1. The first-order valence-electron chi connectivity index (χ1n) is 11.5. The zero-order valence-corrected chi connectivity index (χ0v) is 19.5. The summed E-state index contributed by atoms with van der Waals surface area (Å²) in [7, 11) is 0. The summed E-state index contributed by atoms with van der Waals surface area (Å²) in [4.78, 5) is 22.6. The predicted octanol–water partition coefficient (Wildman–Crippen LogP) is 2.40. The van der Waals surface area contributed by atoms with Gasteiger partial charge in [-0.25, -0.2) is 13.8 Å². The van der Waals surface area contributed by atoms with Crippen LogP contribution in [0.5, 0.6) is 0 Å². The molecule has 4 N–H and O–H groups in total. The molecule has 4 aromatic rings. The molecule has 1 fully saturated rings. The first-order chi connectivity index (χ1) is 17.9. The fraction of sp³-hybridized carbons (Fsp3) is 0.320. The maximum absolute atomic E-state index is 14.8. The van der Waals surface area contributed by atoms with Crippen molar-refractivity contribution in [2.45, 2.75) is 43.7 Å². The molecule has 1 aliphatic heterocycles. The third-order valence-electron chi connectivity index (χ3n) is 6.23. The topological polar surface area (TPSA) is 138 Å². The molecule has 0 aliphatic carbocycles. The van der Waals surface area contributed by atoms with E-state index in [9.17, 15) is 18.7 Å². The van der Waals surface area contributed by atoms with Crippen LogP contribution in [0, 0.1) is 0 Å². The van der Waals surface area contributed by atoms with E-state index in [0.29, 0.717) is 0 Å². The Hall–Kier alpha value is -3.71. The maximum atomic E-state index is 14.8. The summed E-state index contributed by atoms with van der Waals surface area (Å²) in [6, 6.07) is 18.0. The summed E-state index contributed by atoms with van der Waals surface area (Å²) < 4.78 is 48.3. The number of hydrogen-bond acceptors (Lipinski definition) is 8. The van der Waals surface area contributed by atoms with Crippen LogP contribution in [0.2, 0.25) is 0 Å². The SMILES string of the molecule is Nc1nc2c(ncn2C2OC(COCc3ccccc3)(C(F)F)C(OCc3ccccc3)C2O)c(=O)[nH]1. The number of alkyl halides is 2. The van der Waals surface area contributed by atoms with Gasteiger partial charge in [-0.05, 0) is 11.1 Å². The number of H-pyrrole nitrogens is 1. The zero-order valence-electron chi connectivity index (χ0n) is 19.5. The van der Waals surface area contributed by atoms with Crippen LogP contribution in [-0.4, -0.2) is 55.5 Å². The minimum atomic E-state index is -3.10. The van der Waals surface area contributed by atoms with Crippen molar-refractivity contribution in [1.82, 2.24) is 19.5 Å². The molecule has 10 nitrogen and oxygen atoms in total. The fourth-order valence-electron chi connectivity index (χ4n) is 4.41. The molecule has 4 atom stereocenters. The number of imidazole rings is 1. The third-order valence-corrected chi connectivity index (χ3v) is 6.23. The minimum Gasteiger partial charge on any atom is -0.386 e. The van der Waals surface area contributed by atoms with Gasteiger partial charge in [0.1, 0.15) is 12.2 Å². The summed E-state index contributed by atoms with van der Waals surface area (Å²) in [5, 5.41) is 11.3. The number of aromatic amines is 1. The Labute approximate surface area is 209 Å². The molecule has 2 aromatic heterocycles. The number of nitrogens with one attached hydrogen (secondary N) is 1. The van der Waals surface area contributed by atoms with Crippen LogP contribution in [0.4, 0.5) is 14.7 Å². The molecule has 0 saturated carbocycles. The molecule has 12 heteroatoms. The Morgan fingerprint density at radius 3 is 2.41 bits per heavy atom. The van der Waals surface area contributed by atoms with Gasteiger partial charge >= 0.3 is 0 Å². The van der Waals surface area contributed by atoms with Gasteiger partial charge in [-0.1, -0.05) is 60.7 Å². The molecular weight excluding hydrogens is 488 g/mol. The van der Waals surface area contributed by atoms with Crippen molar-refractivity contribution in [1.29, 1.82) is 0 Å². The number of fused-ring (bicyclic) bond motifs is 1. The number of rotatable bonds is 9. The van der Waals surface area contributed by atoms with Crippen LogP contribution in [0.15, 0.2) is 71.8 Å². The van der Waals surface area contributed by atoms with Gasteiger partial charge in [-0.15, -0.1) is 0 Å². The highest BCUT2D eigenvalue weighted by atomic mass is 19.3. The summed E-state index contributed by atoms with van der Waals surface area (Å²) in [5.74, 6) is -0.199. The monoisotopic (exact) mass is 513 g/mol. The van der Waals surface area contributed by atoms with Gasteiger partial charge in [0.15, 0.2) is 23.0 Å². The van der Waals surface area contributed by atoms with Crippen LogP contribution in [0.3, 0.4) is 0 Å². The summed E-state index contributed by atoms with van der Waals surface area (Å²) >= 11 is 0. The Kier molecular flexibility index (Phi) is 6.98. The molecule has 4 unspecified atom stereocenters. The average molecular weight is 514 g/mol. The van der Waals surface area contributed by atoms with Crippen molar-refractivity contribution in [3.05, 3.63) is 88.5 Å². The Balaban J connectivity index is 1.48. The molecule has 0 bridgehead atoms. The third kappa shape index (κ3) is 4.83. The summed E-state index contributed by atoms with van der Waals surface area (Å²) in [6.07, 6.45) is -6.40. The molecule has 1 saturated heterocycles. The van der Waals surface area contributed by atoms with Crippen molar-refractivity contribution < 1.29 is 28.1 Å². The second-order valence-electron chi connectivity index (χ2n) is 8.73. The van der Waals surface area contributed by atoms with Gasteiger partial charge in [0.2, 0.25) is 5.95 Å². The predicted molar refractivity (Wildman–Crippen MR) is 129 cm³/mol. The van der Waals surface area contributed by atoms with E-state index < -0.39 is 42.6 Å². The van der Waals surface area contributed by atoms with Crippen molar-refractivity contribution in [3.63, 3.8) is 0 Å². The second kappa shape index (κ2) is 10.3. The molecule has 37 heavy (non-hydrogen) atoms. The number of hydrogen-bond donors (Lipinski definition) is 3. The number of benzene rings is 2. The van der Waals surface area contributed by atoms with Crippen molar-refractivity contribution in [2.24, 2.45) is 0 Å². The van der Waals surface area contributed by atoms with Crippen molar-refractivity contribution >= 4 is 17.1 Å². The Morgan fingerprint density at radius 2 is 1.76 bits per heavy atom. The van der Waals surface area contributed by atoms with Crippen LogP contribution in [0.1, 0.15) is 17.4 Å². The van der Waals surface area contributed by atoms with E-state index in [4.69, 9.17) is 19.9 Å². The lowest BCUT2D eigenvalue weighted by molar-refractivity contribution is -0.215. The van der Waals surface area contributed by atoms with Gasteiger partial charge < -0.3 is 25.1 Å². The fourth-order valence-corrected chi connectivity index (χ4v) is 4.41. The lowest BCUT2D eigenvalue weighted by Gasteiger charge is -2.33. The number of anilines is 1. The van der Waals surface area contributed by atoms with E-state index in [0.717, 1.165) is 11.1 Å². The van der Waals surface area contributed by atoms with E-state index >= 15 is 0 Å². The van der Waals surface area contributed by atoms with Gasteiger partial charge in [0, 0.05) is 0 Å². The first-order valence-corrected chi connectivity index (χ1v) is 11.5. The van der Waals surface area contributed by atoms with Gasteiger partial charge in [-0.2, -0.15) is 4.98 Å². The lowest BCUT2D eigenvalue weighted by atomic mass is 9.96. The lowest BCUT2D eigenvalue weighted by Crippen LogP contribution is -2.53. The van der Waals surface area contributed by atoms with E-state index in [2.05, 4.69) is 15.0 Å². The normalized spacial score (nSPS) is 23.7. The number of nitrogen functional groups attached to an aromatic ring is 1. The van der Waals surface area contributed by atoms with Crippen LogP contribution in [-0.2, 0) is 27.4 Å². The molecule has 1 aliphatic rings. The molecule has 0 amide bonds. The average Bonchev–Trinajstić information content (AvgIpc) is 3.43. The minimum absolute atomic E-state index is 0.0256. The zero-order chi connectivity index (χ0) is 26.0. The first kappa shape index (κ1) is 25.0. The number of nitrogens with two attached hydrogens (primary N) is 1. The van der Waals surface area contributed by atoms with Crippen LogP contribution in [0.25, 0.3) is 11.2 Å². The highest BCUT2D eigenvalue weighted by Gasteiger charge is 2.62. The molecule has 5 rings (SSSR count). The number of ether oxygens (including phenoxy) is 3. The number of halogens is 2. The second-order valence-corrected chi connectivity index (χ2v) is 8.73. The van der Waals surface area contributed by atoms with Crippen LogP contribution >= 0.6 is 0 Å². The number of aromatic nitrogens is 4. The van der Waals surface area contributed by atoms with Crippen molar-refractivity contribution in [3.8, 4) is 0 Å². The molecule has 3 heterocycles. The highest BCUT2D eigenvalue weighted by Crippen LogP contribution is 2.44. The molecule has 0 spiro atoms. The van der Waals surface area contributed by atoms with Crippen molar-refractivity contribution in [2.75, 3.05) is 12.3 Å². The van der Waals surface area contributed by atoms with Gasteiger partial charge in [0.05, 0.1) is 26.1 Å². The standard InChI is InChI=1S/C25H25F2N5O5/c26-23(27)25(13-35-11-15-7-3-1-4-8-15)19(36-12-16-9-5-2-6-10-16)18(33)22(37-25)32-14-29-17-20(32)30-24(28)31-21(17)34/h1-10,14,18-19,22-23,33H,11-13H2,(H3,28,30,31,34). The molecular formula is C25H25F2N5O5. The van der Waals surface area contributed by atoms with E-state index in [-0.39, 0.29) is 30.3 Å². The molecule has 194 valence electrons. The molecule has 2 aromatic carbocycles. The number of aliphatic hydroxyl groups is 1. The Morgan fingerprint density at radius 1 is 1.11 bits per heavy atom. The highest BCUT2D eigenvalue weighted by molar-refractivity contribution is 5.70.